The van der Waals surface area contributed by atoms with Crippen molar-refractivity contribution in [3.63, 3.8) is 0 Å². The van der Waals surface area contributed by atoms with Gasteiger partial charge in [-0.1, -0.05) is 18.2 Å². The fraction of sp³-hybridized carbons (Fsp3) is 0.188. The fourth-order valence-corrected chi connectivity index (χ4v) is 1.96. The van der Waals surface area contributed by atoms with Gasteiger partial charge in [-0.2, -0.15) is 0 Å². The lowest BCUT2D eigenvalue weighted by molar-refractivity contribution is 0.303. The highest BCUT2D eigenvalue weighted by Gasteiger charge is 2.09. The first kappa shape index (κ1) is 14.1. The van der Waals surface area contributed by atoms with Crippen molar-refractivity contribution in [2.45, 2.75) is 20.5 Å². The molecule has 0 spiro atoms. The predicted molar refractivity (Wildman–Crippen MR) is 77.7 cm³/mol. The van der Waals surface area contributed by atoms with Crippen LogP contribution >= 0.6 is 0 Å². The van der Waals surface area contributed by atoms with Crippen molar-refractivity contribution in [1.82, 2.24) is 0 Å². The maximum Gasteiger partial charge on any atom is 0.123 e. The highest BCUT2D eigenvalue weighted by atomic mass is 19.1. The van der Waals surface area contributed by atoms with Crippen molar-refractivity contribution in [2.75, 3.05) is 0 Å². The van der Waals surface area contributed by atoms with Gasteiger partial charge in [-0.05, 0) is 43.2 Å². The summed E-state index contributed by atoms with van der Waals surface area (Å²) in [4.78, 5) is 0. The monoisotopic (exact) mass is 272 g/mol. The molecule has 2 aromatic carbocycles. The molecule has 0 radical (unpaired) electrons. The summed E-state index contributed by atoms with van der Waals surface area (Å²) in [5.41, 5.74) is 8.75. The molecule has 0 aromatic heterocycles. The number of aryl methyl sites for hydroxylation is 1. The normalized spacial score (nSPS) is 10.3. The van der Waals surface area contributed by atoms with Crippen LogP contribution in [0.3, 0.4) is 0 Å². The van der Waals surface area contributed by atoms with Gasteiger partial charge >= 0.3 is 0 Å². The Labute approximate surface area is 117 Å². The molecule has 3 nitrogen and oxygen atoms in total. The molecule has 0 saturated heterocycles. The summed E-state index contributed by atoms with van der Waals surface area (Å²) in [5, 5.41) is 7.49. The van der Waals surface area contributed by atoms with E-state index in [9.17, 15) is 4.39 Å². The van der Waals surface area contributed by atoms with Crippen LogP contribution in [0, 0.1) is 25.1 Å². The van der Waals surface area contributed by atoms with Gasteiger partial charge in [0.05, 0.1) is 0 Å². The first-order valence-corrected chi connectivity index (χ1v) is 6.31. The van der Waals surface area contributed by atoms with Gasteiger partial charge in [0.15, 0.2) is 0 Å². The van der Waals surface area contributed by atoms with Crippen molar-refractivity contribution >= 4 is 5.84 Å². The largest absolute Gasteiger partial charge is 0.489 e. The van der Waals surface area contributed by atoms with Gasteiger partial charge in [-0.25, -0.2) is 4.39 Å². The van der Waals surface area contributed by atoms with Crippen molar-refractivity contribution in [3.05, 3.63) is 64.5 Å². The third-order valence-electron chi connectivity index (χ3n) is 3.30. The van der Waals surface area contributed by atoms with Gasteiger partial charge in [-0.3, -0.25) is 5.41 Å². The van der Waals surface area contributed by atoms with E-state index in [0.29, 0.717) is 11.1 Å². The summed E-state index contributed by atoms with van der Waals surface area (Å²) in [7, 11) is 0. The van der Waals surface area contributed by atoms with Crippen LogP contribution in [-0.4, -0.2) is 5.84 Å². The Kier molecular flexibility index (Phi) is 4.03. The number of hydrogen-bond donors (Lipinski definition) is 2. The van der Waals surface area contributed by atoms with Crippen LogP contribution in [-0.2, 0) is 6.61 Å². The first-order chi connectivity index (χ1) is 9.49. The molecule has 104 valence electrons. The van der Waals surface area contributed by atoms with Gasteiger partial charge < -0.3 is 10.5 Å². The lowest BCUT2D eigenvalue weighted by Crippen LogP contribution is -2.15. The van der Waals surface area contributed by atoms with Gasteiger partial charge in [0.2, 0.25) is 0 Å². The molecule has 0 aliphatic carbocycles. The average molecular weight is 272 g/mol. The molecule has 0 bridgehead atoms. The van der Waals surface area contributed by atoms with Crippen molar-refractivity contribution in [3.8, 4) is 5.75 Å². The van der Waals surface area contributed by atoms with Crippen LogP contribution in [0.1, 0.15) is 22.3 Å². The van der Waals surface area contributed by atoms with Crippen molar-refractivity contribution < 1.29 is 9.13 Å². The summed E-state index contributed by atoms with van der Waals surface area (Å²) in [6.45, 7) is 4.25. The molecule has 20 heavy (non-hydrogen) atoms. The van der Waals surface area contributed by atoms with Crippen molar-refractivity contribution in [2.24, 2.45) is 5.73 Å². The number of nitrogens with one attached hydrogen (secondary N) is 1. The maximum atomic E-state index is 13.2. The molecule has 0 aliphatic rings. The van der Waals surface area contributed by atoms with Gasteiger partial charge in [-0.15, -0.1) is 0 Å². The predicted octanol–water partition coefficient (Wildman–Crippen LogP) is 3.31. The van der Waals surface area contributed by atoms with E-state index >= 15 is 0 Å². The van der Waals surface area contributed by atoms with Crippen LogP contribution in [0.15, 0.2) is 36.4 Å². The number of nitrogens with two attached hydrogens (primary N) is 1. The average Bonchev–Trinajstić information content (AvgIpc) is 2.41. The molecule has 2 aromatic rings. The zero-order chi connectivity index (χ0) is 14.7. The van der Waals surface area contributed by atoms with Gasteiger partial charge in [0, 0.05) is 11.1 Å². The summed E-state index contributed by atoms with van der Waals surface area (Å²) in [5.74, 6) is 0.207. The lowest BCUT2D eigenvalue weighted by atomic mass is 10.1. The quantitative estimate of drug-likeness (QED) is 0.662. The zero-order valence-electron chi connectivity index (χ0n) is 11.5. The number of hydrogen-bond acceptors (Lipinski definition) is 2. The van der Waals surface area contributed by atoms with E-state index in [4.69, 9.17) is 15.9 Å². The highest BCUT2D eigenvalue weighted by molar-refractivity contribution is 5.96. The molecule has 0 aliphatic heterocycles. The number of benzene rings is 2. The highest BCUT2D eigenvalue weighted by Crippen LogP contribution is 2.22. The summed E-state index contributed by atoms with van der Waals surface area (Å²) >= 11 is 0. The van der Waals surface area contributed by atoms with Crippen molar-refractivity contribution in [1.29, 1.82) is 5.41 Å². The Morgan fingerprint density at radius 3 is 2.70 bits per heavy atom. The Hall–Kier alpha value is -2.36. The third kappa shape index (κ3) is 2.96. The SMILES string of the molecule is Cc1cccc(OCc2ccc(F)cc2C(=N)N)c1C. The zero-order valence-corrected chi connectivity index (χ0v) is 11.5. The minimum atomic E-state index is -0.411. The molecule has 3 N–H and O–H groups in total. The summed E-state index contributed by atoms with van der Waals surface area (Å²) < 4.78 is 19.0. The standard InChI is InChI=1S/C16H17FN2O/c1-10-4-3-5-15(11(10)2)20-9-12-6-7-13(17)8-14(12)16(18)19/h3-8H,9H2,1-2H3,(H3,18,19). The Morgan fingerprint density at radius 2 is 2.00 bits per heavy atom. The molecule has 0 atom stereocenters. The van der Waals surface area contributed by atoms with Crippen LogP contribution in [0.2, 0.25) is 0 Å². The minimum Gasteiger partial charge on any atom is -0.489 e. The summed E-state index contributed by atoms with van der Waals surface area (Å²) in [6, 6.07) is 10.0. The second kappa shape index (κ2) is 5.74. The van der Waals surface area contributed by atoms with E-state index < -0.39 is 5.82 Å². The van der Waals surface area contributed by atoms with Crippen LogP contribution in [0.5, 0.6) is 5.75 Å². The molecule has 0 fully saturated rings. The smallest absolute Gasteiger partial charge is 0.123 e. The van der Waals surface area contributed by atoms with E-state index in [0.717, 1.165) is 16.9 Å². The molecule has 0 amide bonds. The van der Waals surface area contributed by atoms with Gasteiger partial charge in [0.25, 0.3) is 0 Å². The summed E-state index contributed by atoms with van der Waals surface area (Å²) in [6.07, 6.45) is 0. The molecule has 4 heteroatoms. The Balaban J connectivity index is 2.23. The first-order valence-electron chi connectivity index (χ1n) is 6.31. The van der Waals surface area contributed by atoms with E-state index in [1.807, 2.05) is 32.0 Å². The van der Waals surface area contributed by atoms with E-state index in [1.165, 1.54) is 12.1 Å². The van der Waals surface area contributed by atoms with E-state index in [-0.39, 0.29) is 12.4 Å². The second-order valence-electron chi connectivity index (χ2n) is 4.70. The van der Waals surface area contributed by atoms with E-state index in [1.54, 1.807) is 6.07 Å². The second-order valence-corrected chi connectivity index (χ2v) is 4.70. The molecule has 0 heterocycles. The molecular formula is C16H17FN2O. The maximum absolute atomic E-state index is 13.2. The lowest BCUT2D eigenvalue weighted by Gasteiger charge is -2.13. The minimum absolute atomic E-state index is 0.163. The Morgan fingerprint density at radius 1 is 1.25 bits per heavy atom. The molecular weight excluding hydrogens is 255 g/mol. The van der Waals surface area contributed by atoms with Crippen LogP contribution < -0.4 is 10.5 Å². The number of amidine groups is 1. The van der Waals surface area contributed by atoms with Crippen LogP contribution in [0.25, 0.3) is 0 Å². The topological polar surface area (TPSA) is 59.1 Å². The van der Waals surface area contributed by atoms with Gasteiger partial charge in [0.1, 0.15) is 24.0 Å². The fourth-order valence-electron chi connectivity index (χ4n) is 1.96. The number of halogens is 1. The third-order valence-corrected chi connectivity index (χ3v) is 3.30. The van der Waals surface area contributed by atoms with E-state index in [2.05, 4.69) is 0 Å². The number of ether oxygens (including phenoxy) is 1. The number of nitrogen functional groups attached to an aromatic ring is 1. The van der Waals surface area contributed by atoms with Crippen LogP contribution in [0.4, 0.5) is 4.39 Å². The Bertz CT molecular complexity index is 653. The molecule has 0 unspecified atom stereocenters. The molecule has 2 rings (SSSR count). The molecule has 0 saturated carbocycles. The number of rotatable bonds is 4.